The monoisotopic (exact) mass is 249 g/mol. The zero-order valence-corrected chi connectivity index (χ0v) is 12.6. The van der Waals surface area contributed by atoms with Crippen LogP contribution in [0.15, 0.2) is 18.2 Å². The van der Waals surface area contributed by atoms with E-state index < -0.39 is 0 Å². The normalized spacial score (nSPS) is 13.7. The SMILES string of the molecule is CCNC(Cc1cc(C)ccc1C)C(C)(C)OC. The van der Waals surface area contributed by atoms with E-state index in [4.69, 9.17) is 4.74 Å². The Kier molecular flexibility index (Phi) is 5.36. The summed E-state index contributed by atoms with van der Waals surface area (Å²) in [5, 5.41) is 3.54. The third-order valence-electron chi connectivity index (χ3n) is 3.74. The van der Waals surface area contributed by atoms with E-state index in [9.17, 15) is 0 Å². The van der Waals surface area contributed by atoms with Gasteiger partial charge in [-0.25, -0.2) is 0 Å². The van der Waals surface area contributed by atoms with Crippen LogP contribution in [0.5, 0.6) is 0 Å². The van der Waals surface area contributed by atoms with Crippen LogP contribution in [0.25, 0.3) is 0 Å². The van der Waals surface area contributed by atoms with Crippen molar-refractivity contribution in [1.29, 1.82) is 0 Å². The van der Waals surface area contributed by atoms with E-state index in [1.807, 2.05) is 0 Å². The fourth-order valence-corrected chi connectivity index (χ4v) is 2.19. The smallest absolute Gasteiger partial charge is 0.0778 e. The van der Waals surface area contributed by atoms with Gasteiger partial charge in [0.2, 0.25) is 0 Å². The van der Waals surface area contributed by atoms with Gasteiger partial charge in [0.15, 0.2) is 0 Å². The Hall–Kier alpha value is -0.860. The molecule has 0 spiro atoms. The fraction of sp³-hybridized carbons (Fsp3) is 0.625. The molecule has 102 valence electrons. The summed E-state index contributed by atoms with van der Waals surface area (Å²) in [5.74, 6) is 0. The van der Waals surface area contributed by atoms with Gasteiger partial charge in [-0.1, -0.05) is 30.7 Å². The van der Waals surface area contributed by atoms with E-state index in [2.05, 4.69) is 58.1 Å². The molecule has 2 nitrogen and oxygen atoms in total. The highest BCUT2D eigenvalue weighted by atomic mass is 16.5. The number of methoxy groups -OCH3 is 1. The van der Waals surface area contributed by atoms with E-state index in [0.29, 0.717) is 6.04 Å². The van der Waals surface area contributed by atoms with Gasteiger partial charge in [-0.2, -0.15) is 0 Å². The zero-order valence-electron chi connectivity index (χ0n) is 12.6. The molecule has 0 amide bonds. The minimum Gasteiger partial charge on any atom is -0.377 e. The first-order valence-corrected chi connectivity index (χ1v) is 6.75. The maximum atomic E-state index is 5.63. The number of likely N-dealkylation sites (N-methyl/N-ethyl adjacent to an activating group) is 1. The second kappa shape index (κ2) is 6.35. The molecule has 1 rings (SSSR count). The minimum absolute atomic E-state index is 0.161. The van der Waals surface area contributed by atoms with Crippen molar-refractivity contribution in [2.45, 2.75) is 52.7 Å². The van der Waals surface area contributed by atoms with Crippen molar-refractivity contribution in [2.24, 2.45) is 0 Å². The predicted molar refractivity (Wildman–Crippen MR) is 78.2 cm³/mol. The number of hydrogen-bond donors (Lipinski definition) is 1. The first-order chi connectivity index (χ1) is 8.40. The first-order valence-electron chi connectivity index (χ1n) is 6.75. The summed E-state index contributed by atoms with van der Waals surface area (Å²) in [6, 6.07) is 6.98. The Morgan fingerprint density at radius 3 is 2.50 bits per heavy atom. The summed E-state index contributed by atoms with van der Waals surface area (Å²) in [4.78, 5) is 0. The molecule has 0 saturated carbocycles. The van der Waals surface area contributed by atoms with Gasteiger partial charge < -0.3 is 10.1 Å². The molecular weight excluding hydrogens is 222 g/mol. The lowest BCUT2D eigenvalue weighted by molar-refractivity contribution is -0.00963. The third kappa shape index (κ3) is 3.82. The molecule has 0 aliphatic carbocycles. The molecule has 2 heteroatoms. The Balaban J connectivity index is 2.93. The third-order valence-corrected chi connectivity index (χ3v) is 3.74. The second-order valence-corrected chi connectivity index (χ2v) is 5.55. The van der Waals surface area contributed by atoms with E-state index in [0.717, 1.165) is 13.0 Å². The van der Waals surface area contributed by atoms with Crippen molar-refractivity contribution in [2.75, 3.05) is 13.7 Å². The molecular formula is C16H27NO. The Morgan fingerprint density at radius 1 is 1.28 bits per heavy atom. The molecule has 1 aromatic rings. The Labute approximate surface area is 112 Å². The van der Waals surface area contributed by atoms with E-state index in [1.54, 1.807) is 7.11 Å². The maximum Gasteiger partial charge on any atom is 0.0778 e. The molecule has 1 aromatic carbocycles. The summed E-state index contributed by atoms with van der Waals surface area (Å²) in [5.41, 5.74) is 3.93. The number of nitrogens with one attached hydrogen (secondary N) is 1. The van der Waals surface area contributed by atoms with Crippen molar-refractivity contribution in [3.8, 4) is 0 Å². The molecule has 1 unspecified atom stereocenters. The lowest BCUT2D eigenvalue weighted by Gasteiger charge is -2.34. The second-order valence-electron chi connectivity index (χ2n) is 5.55. The molecule has 0 radical (unpaired) electrons. The Morgan fingerprint density at radius 2 is 1.94 bits per heavy atom. The molecule has 0 saturated heterocycles. The van der Waals surface area contributed by atoms with Crippen LogP contribution < -0.4 is 5.32 Å². The highest BCUT2D eigenvalue weighted by Gasteiger charge is 2.28. The van der Waals surface area contributed by atoms with Crippen molar-refractivity contribution >= 4 is 0 Å². The number of aryl methyl sites for hydroxylation is 2. The number of hydrogen-bond acceptors (Lipinski definition) is 2. The van der Waals surface area contributed by atoms with Gasteiger partial charge in [-0.15, -0.1) is 0 Å². The molecule has 0 aliphatic rings. The van der Waals surface area contributed by atoms with Crippen LogP contribution in [0.1, 0.15) is 37.5 Å². The number of ether oxygens (including phenoxy) is 1. The van der Waals surface area contributed by atoms with Gasteiger partial charge in [0.1, 0.15) is 0 Å². The van der Waals surface area contributed by atoms with Crippen LogP contribution in [0.2, 0.25) is 0 Å². The van der Waals surface area contributed by atoms with Gasteiger partial charge in [0.05, 0.1) is 5.60 Å². The van der Waals surface area contributed by atoms with Crippen LogP contribution in [0.4, 0.5) is 0 Å². The molecule has 0 heterocycles. The molecule has 1 atom stereocenters. The number of rotatable bonds is 6. The standard InChI is InChI=1S/C16H27NO/c1-7-17-15(16(4,5)18-6)11-14-10-12(2)8-9-13(14)3/h8-10,15,17H,7,11H2,1-6H3. The van der Waals surface area contributed by atoms with Crippen LogP contribution in [-0.4, -0.2) is 25.3 Å². The van der Waals surface area contributed by atoms with Crippen LogP contribution in [0, 0.1) is 13.8 Å². The van der Waals surface area contributed by atoms with Gasteiger partial charge in [0.25, 0.3) is 0 Å². The largest absolute Gasteiger partial charge is 0.377 e. The van der Waals surface area contributed by atoms with Crippen LogP contribution >= 0.6 is 0 Å². The quantitative estimate of drug-likeness (QED) is 0.835. The van der Waals surface area contributed by atoms with Crippen molar-refractivity contribution in [3.63, 3.8) is 0 Å². The van der Waals surface area contributed by atoms with Crippen LogP contribution in [0.3, 0.4) is 0 Å². The van der Waals surface area contributed by atoms with Crippen LogP contribution in [-0.2, 0) is 11.2 Å². The van der Waals surface area contributed by atoms with Crippen molar-refractivity contribution in [3.05, 3.63) is 34.9 Å². The van der Waals surface area contributed by atoms with Gasteiger partial charge >= 0.3 is 0 Å². The average Bonchev–Trinajstić information content (AvgIpc) is 2.33. The lowest BCUT2D eigenvalue weighted by atomic mass is 9.90. The topological polar surface area (TPSA) is 21.3 Å². The van der Waals surface area contributed by atoms with Gasteiger partial charge in [-0.05, 0) is 51.8 Å². The van der Waals surface area contributed by atoms with Gasteiger partial charge in [0, 0.05) is 13.2 Å². The number of benzene rings is 1. The summed E-state index contributed by atoms with van der Waals surface area (Å²) >= 11 is 0. The molecule has 18 heavy (non-hydrogen) atoms. The van der Waals surface area contributed by atoms with Crippen molar-refractivity contribution in [1.82, 2.24) is 5.32 Å². The van der Waals surface area contributed by atoms with Crippen molar-refractivity contribution < 1.29 is 4.74 Å². The molecule has 0 fully saturated rings. The zero-order chi connectivity index (χ0) is 13.8. The van der Waals surface area contributed by atoms with Gasteiger partial charge in [-0.3, -0.25) is 0 Å². The maximum absolute atomic E-state index is 5.63. The molecule has 0 aliphatic heterocycles. The molecule has 0 bridgehead atoms. The highest BCUT2D eigenvalue weighted by Crippen LogP contribution is 2.20. The van der Waals surface area contributed by atoms with E-state index in [1.165, 1.54) is 16.7 Å². The average molecular weight is 249 g/mol. The van der Waals surface area contributed by atoms with E-state index in [-0.39, 0.29) is 5.60 Å². The van der Waals surface area contributed by atoms with E-state index >= 15 is 0 Å². The molecule has 1 N–H and O–H groups in total. The molecule has 0 aromatic heterocycles. The predicted octanol–water partition coefficient (Wildman–Crippen LogP) is 3.25. The lowest BCUT2D eigenvalue weighted by Crippen LogP contribution is -2.49. The summed E-state index contributed by atoms with van der Waals surface area (Å²) in [6.45, 7) is 11.7. The minimum atomic E-state index is -0.161. The fourth-order valence-electron chi connectivity index (χ4n) is 2.19. The summed E-state index contributed by atoms with van der Waals surface area (Å²) in [6.07, 6.45) is 1.00. The highest BCUT2D eigenvalue weighted by molar-refractivity contribution is 5.31. The first kappa shape index (κ1) is 15.2. The summed E-state index contributed by atoms with van der Waals surface area (Å²) < 4.78 is 5.63. The summed E-state index contributed by atoms with van der Waals surface area (Å²) in [7, 11) is 1.79. The Bertz CT molecular complexity index is 385.